The van der Waals surface area contributed by atoms with Crippen molar-refractivity contribution in [1.82, 2.24) is 4.98 Å². The van der Waals surface area contributed by atoms with Gasteiger partial charge in [-0.15, -0.1) is 0 Å². The number of hydrogen-bond acceptors (Lipinski definition) is 2. The SMILES string of the molecule is O=C(O)/C=C1/CCCc2c1cncc2-c1ccc(C(F)(F)F)cc1F. The van der Waals surface area contributed by atoms with E-state index in [1.807, 2.05) is 0 Å². The minimum atomic E-state index is -4.62. The average Bonchev–Trinajstić information content (AvgIpc) is 2.53. The van der Waals surface area contributed by atoms with Crippen LogP contribution in [0.1, 0.15) is 29.5 Å². The van der Waals surface area contributed by atoms with Crippen LogP contribution in [-0.2, 0) is 17.4 Å². The monoisotopic (exact) mass is 351 g/mol. The molecule has 0 radical (unpaired) electrons. The summed E-state index contributed by atoms with van der Waals surface area (Å²) >= 11 is 0. The molecule has 0 aliphatic heterocycles. The van der Waals surface area contributed by atoms with Crippen LogP contribution in [0, 0.1) is 5.82 Å². The third-order valence-corrected chi connectivity index (χ3v) is 4.16. The fourth-order valence-corrected chi connectivity index (χ4v) is 3.06. The molecule has 1 aromatic carbocycles. The van der Waals surface area contributed by atoms with Crippen molar-refractivity contribution in [3.63, 3.8) is 0 Å². The lowest BCUT2D eigenvalue weighted by Gasteiger charge is -2.21. The first kappa shape index (κ1) is 17.1. The van der Waals surface area contributed by atoms with Gasteiger partial charge in [-0.25, -0.2) is 9.18 Å². The summed E-state index contributed by atoms with van der Waals surface area (Å²) in [5.74, 6) is -2.08. The third-order valence-electron chi connectivity index (χ3n) is 4.16. The van der Waals surface area contributed by atoms with Crippen LogP contribution in [-0.4, -0.2) is 16.1 Å². The number of carbonyl (C=O) groups is 1. The van der Waals surface area contributed by atoms with Gasteiger partial charge in [-0.1, -0.05) is 6.07 Å². The number of nitrogens with zero attached hydrogens (tertiary/aromatic N) is 1. The number of fused-ring (bicyclic) bond motifs is 1. The van der Waals surface area contributed by atoms with E-state index in [-0.39, 0.29) is 5.56 Å². The van der Waals surface area contributed by atoms with Crippen molar-refractivity contribution in [2.75, 3.05) is 0 Å². The van der Waals surface area contributed by atoms with Gasteiger partial charge in [-0.05, 0) is 42.5 Å². The molecular formula is C18H13F4NO2. The summed E-state index contributed by atoms with van der Waals surface area (Å²) in [4.78, 5) is 15.0. The topological polar surface area (TPSA) is 50.2 Å². The highest BCUT2D eigenvalue weighted by Crippen LogP contribution is 2.38. The van der Waals surface area contributed by atoms with Gasteiger partial charge in [0.2, 0.25) is 0 Å². The molecule has 0 saturated carbocycles. The molecule has 1 N–H and O–H groups in total. The molecule has 3 nitrogen and oxygen atoms in total. The van der Waals surface area contributed by atoms with E-state index in [1.165, 1.54) is 12.4 Å². The Bertz CT molecular complexity index is 872. The molecule has 1 heterocycles. The summed E-state index contributed by atoms with van der Waals surface area (Å²) < 4.78 is 52.4. The minimum absolute atomic E-state index is 0.0222. The van der Waals surface area contributed by atoms with Crippen LogP contribution >= 0.6 is 0 Å². The first-order chi connectivity index (χ1) is 11.8. The fraction of sp³-hybridized carbons (Fsp3) is 0.222. The summed E-state index contributed by atoms with van der Waals surface area (Å²) in [6.07, 6.45) is 1.18. The zero-order valence-corrected chi connectivity index (χ0v) is 12.9. The molecule has 7 heteroatoms. The largest absolute Gasteiger partial charge is 0.478 e. The summed E-state index contributed by atoms with van der Waals surface area (Å²) in [6, 6.07) is 2.38. The zero-order valence-electron chi connectivity index (χ0n) is 12.9. The second-order valence-corrected chi connectivity index (χ2v) is 5.77. The molecule has 130 valence electrons. The van der Waals surface area contributed by atoms with E-state index < -0.39 is 23.5 Å². The molecule has 1 aliphatic carbocycles. The van der Waals surface area contributed by atoms with Crippen molar-refractivity contribution in [2.24, 2.45) is 0 Å². The first-order valence-corrected chi connectivity index (χ1v) is 7.55. The Kier molecular flexibility index (Phi) is 4.32. The lowest BCUT2D eigenvalue weighted by molar-refractivity contribution is -0.137. The molecule has 0 unspecified atom stereocenters. The van der Waals surface area contributed by atoms with E-state index in [0.29, 0.717) is 47.6 Å². The van der Waals surface area contributed by atoms with Crippen LogP contribution in [0.3, 0.4) is 0 Å². The van der Waals surface area contributed by atoms with Crippen LogP contribution in [0.2, 0.25) is 0 Å². The van der Waals surface area contributed by atoms with Gasteiger partial charge in [0.25, 0.3) is 0 Å². The molecular weight excluding hydrogens is 338 g/mol. The van der Waals surface area contributed by atoms with Crippen LogP contribution in [0.5, 0.6) is 0 Å². The maximum atomic E-state index is 14.3. The predicted molar refractivity (Wildman–Crippen MR) is 83.2 cm³/mol. The number of allylic oxidation sites excluding steroid dienone is 1. The van der Waals surface area contributed by atoms with E-state index >= 15 is 0 Å². The van der Waals surface area contributed by atoms with Gasteiger partial charge in [0.05, 0.1) is 5.56 Å². The molecule has 0 amide bonds. The second kappa shape index (κ2) is 6.31. The molecule has 0 saturated heterocycles. The van der Waals surface area contributed by atoms with Gasteiger partial charge in [0, 0.05) is 35.2 Å². The van der Waals surface area contributed by atoms with Crippen molar-refractivity contribution in [1.29, 1.82) is 0 Å². The highest BCUT2D eigenvalue weighted by atomic mass is 19.4. The highest BCUT2D eigenvalue weighted by Gasteiger charge is 2.31. The van der Waals surface area contributed by atoms with Gasteiger partial charge in [0.1, 0.15) is 5.82 Å². The number of rotatable bonds is 2. The maximum absolute atomic E-state index is 14.3. The Morgan fingerprint density at radius 1 is 1.12 bits per heavy atom. The normalized spacial score (nSPS) is 15.9. The quantitative estimate of drug-likeness (QED) is 0.630. The molecule has 3 rings (SSSR count). The molecule has 25 heavy (non-hydrogen) atoms. The Hall–Kier alpha value is -2.70. The number of aromatic nitrogens is 1. The van der Waals surface area contributed by atoms with Crippen molar-refractivity contribution in [2.45, 2.75) is 25.4 Å². The highest BCUT2D eigenvalue weighted by molar-refractivity contribution is 5.91. The van der Waals surface area contributed by atoms with Gasteiger partial charge in [-0.3, -0.25) is 4.98 Å². The predicted octanol–water partition coefficient (Wildman–Crippen LogP) is 4.71. The minimum Gasteiger partial charge on any atom is -0.478 e. The summed E-state index contributed by atoms with van der Waals surface area (Å²) in [5, 5.41) is 8.97. The summed E-state index contributed by atoms with van der Waals surface area (Å²) in [7, 11) is 0. The van der Waals surface area contributed by atoms with Crippen molar-refractivity contribution >= 4 is 11.5 Å². The number of aliphatic carboxylic acids is 1. The molecule has 1 aliphatic rings. The summed E-state index contributed by atoms with van der Waals surface area (Å²) in [6.45, 7) is 0. The van der Waals surface area contributed by atoms with Crippen LogP contribution in [0.15, 0.2) is 36.7 Å². The van der Waals surface area contributed by atoms with Crippen LogP contribution in [0.25, 0.3) is 16.7 Å². The Labute approximate surface area is 140 Å². The number of carboxylic acids is 1. The van der Waals surface area contributed by atoms with Gasteiger partial charge in [0.15, 0.2) is 0 Å². The first-order valence-electron chi connectivity index (χ1n) is 7.55. The third kappa shape index (κ3) is 3.40. The standard InChI is InChI=1S/C18H13F4NO2/c19-16-7-11(18(20,21)22)4-5-13(16)15-9-23-8-14-10(6-17(24)25)2-1-3-12(14)15/h4-9H,1-3H2,(H,24,25)/b10-6-. The number of hydrogen-bond donors (Lipinski definition) is 1. The lowest BCUT2D eigenvalue weighted by atomic mass is 9.84. The van der Waals surface area contributed by atoms with Gasteiger partial charge >= 0.3 is 12.1 Å². The Balaban J connectivity index is 2.13. The second-order valence-electron chi connectivity index (χ2n) is 5.77. The van der Waals surface area contributed by atoms with Crippen LogP contribution in [0.4, 0.5) is 17.6 Å². The van der Waals surface area contributed by atoms with E-state index in [0.717, 1.165) is 18.2 Å². The summed E-state index contributed by atoms with van der Waals surface area (Å²) in [5.41, 5.74) is 1.24. The molecule has 0 bridgehead atoms. The van der Waals surface area contributed by atoms with E-state index in [1.54, 1.807) is 0 Å². The number of carboxylic acid groups (broad SMARTS) is 1. The number of benzene rings is 1. The Morgan fingerprint density at radius 3 is 2.48 bits per heavy atom. The van der Waals surface area contributed by atoms with Gasteiger partial charge in [-0.2, -0.15) is 13.2 Å². The molecule has 0 atom stereocenters. The van der Waals surface area contributed by atoms with E-state index in [9.17, 15) is 22.4 Å². The number of pyridine rings is 1. The molecule has 1 aromatic heterocycles. The van der Waals surface area contributed by atoms with E-state index in [4.69, 9.17) is 5.11 Å². The molecule has 2 aromatic rings. The lowest BCUT2D eigenvalue weighted by Crippen LogP contribution is -2.08. The molecule has 0 fully saturated rings. The van der Waals surface area contributed by atoms with Gasteiger partial charge < -0.3 is 5.11 Å². The van der Waals surface area contributed by atoms with Crippen molar-refractivity contribution in [3.05, 3.63) is 59.2 Å². The number of alkyl halides is 3. The van der Waals surface area contributed by atoms with E-state index in [2.05, 4.69) is 4.98 Å². The average molecular weight is 351 g/mol. The number of halogens is 4. The van der Waals surface area contributed by atoms with Crippen LogP contribution < -0.4 is 0 Å². The fourth-order valence-electron chi connectivity index (χ4n) is 3.06. The maximum Gasteiger partial charge on any atom is 0.416 e. The van der Waals surface area contributed by atoms with Crippen molar-refractivity contribution in [3.8, 4) is 11.1 Å². The zero-order chi connectivity index (χ0) is 18.2. The molecule has 0 spiro atoms. The smallest absolute Gasteiger partial charge is 0.416 e. The van der Waals surface area contributed by atoms with Crippen molar-refractivity contribution < 1.29 is 27.5 Å². The Morgan fingerprint density at radius 2 is 1.84 bits per heavy atom.